The number of ether oxygens (including phenoxy) is 3. The Labute approximate surface area is 203 Å². The summed E-state index contributed by atoms with van der Waals surface area (Å²) in [5, 5.41) is 20.7. The van der Waals surface area contributed by atoms with E-state index in [1.54, 1.807) is 12.3 Å². The molecule has 5 fully saturated rings. The third-order valence-corrected chi connectivity index (χ3v) is 10.5. The molecule has 2 aliphatic carbocycles. The summed E-state index contributed by atoms with van der Waals surface area (Å²) >= 11 is 0. The number of carboxylic acids is 1. The molecule has 1 spiro atoms. The summed E-state index contributed by atoms with van der Waals surface area (Å²) in [5.41, 5.74) is -3.99. The maximum Gasteiger partial charge on any atom is 0.339 e. The van der Waals surface area contributed by atoms with E-state index in [0.717, 1.165) is 0 Å². The van der Waals surface area contributed by atoms with Crippen molar-refractivity contribution < 1.29 is 43.2 Å². The summed E-state index contributed by atoms with van der Waals surface area (Å²) in [6.45, 7) is 7.30. The zero-order valence-electron chi connectivity index (χ0n) is 20.4. The lowest BCUT2D eigenvalue weighted by Crippen LogP contribution is -2.72. The van der Waals surface area contributed by atoms with Crippen molar-refractivity contribution >= 4 is 17.7 Å². The Bertz CT molecular complexity index is 1110. The predicted molar refractivity (Wildman–Crippen MR) is 118 cm³/mol. The molecule has 0 amide bonds. The van der Waals surface area contributed by atoms with E-state index in [2.05, 4.69) is 0 Å². The number of esters is 1. The van der Waals surface area contributed by atoms with Crippen molar-refractivity contribution in [3.05, 3.63) is 24.2 Å². The van der Waals surface area contributed by atoms with Crippen LogP contribution in [-0.2, 0) is 28.6 Å². The van der Waals surface area contributed by atoms with Gasteiger partial charge in [0.05, 0.1) is 42.7 Å². The van der Waals surface area contributed by atoms with Crippen LogP contribution < -0.4 is 0 Å². The van der Waals surface area contributed by atoms with Crippen LogP contribution in [0.25, 0.3) is 0 Å². The van der Waals surface area contributed by atoms with Gasteiger partial charge in [0, 0.05) is 28.7 Å². The Hall–Kier alpha value is -2.23. The van der Waals surface area contributed by atoms with Crippen LogP contribution in [0.4, 0.5) is 0 Å². The molecule has 9 atom stereocenters. The molecule has 0 radical (unpaired) electrons. The Morgan fingerprint density at radius 3 is 2.49 bits per heavy atom. The average molecular weight is 489 g/mol. The number of ketones is 1. The van der Waals surface area contributed by atoms with Gasteiger partial charge in [-0.05, 0) is 45.6 Å². The number of fused-ring (bicyclic) bond motifs is 3. The van der Waals surface area contributed by atoms with Crippen LogP contribution >= 0.6 is 0 Å². The molecule has 190 valence electrons. The highest BCUT2D eigenvalue weighted by Gasteiger charge is 2.89. The molecule has 35 heavy (non-hydrogen) atoms. The molecule has 5 aliphatic rings. The third-order valence-electron chi connectivity index (χ3n) is 10.5. The van der Waals surface area contributed by atoms with Crippen molar-refractivity contribution in [2.75, 3.05) is 6.61 Å². The van der Waals surface area contributed by atoms with E-state index >= 15 is 0 Å². The van der Waals surface area contributed by atoms with Gasteiger partial charge in [-0.1, -0.05) is 6.92 Å². The number of Topliss-reactive ketones (excluding diaryl/α,β-unsaturated/α-hetero) is 1. The molecular weight excluding hydrogens is 456 g/mol. The van der Waals surface area contributed by atoms with Gasteiger partial charge in [0.1, 0.15) is 17.5 Å². The second-order valence-corrected chi connectivity index (χ2v) is 12.1. The third kappa shape index (κ3) is 2.42. The molecule has 9 unspecified atom stereocenters. The van der Waals surface area contributed by atoms with Gasteiger partial charge in [-0.15, -0.1) is 0 Å². The summed E-state index contributed by atoms with van der Waals surface area (Å²) in [7, 11) is 0. The average Bonchev–Trinajstić information content (AvgIpc) is 3.28. The minimum absolute atomic E-state index is 0.0294. The summed E-state index contributed by atoms with van der Waals surface area (Å²) in [6, 6.07) is 1.76. The van der Waals surface area contributed by atoms with Crippen molar-refractivity contribution in [2.24, 2.45) is 28.1 Å². The second kappa shape index (κ2) is 6.75. The highest BCUT2D eigenvalue weighted by Crippen LogP contribution is 2.79. The SMILES string of the molecule is CC1(C)OC(CC(=O)O)C2(CO)C1CC(=O)C1(C)C2CCC2(C)C(c3ccoc3)OC(=O)C3OC321. The standard InChI is InChI=1S/C26H32O9/c1-22(2)15-9-16(28)24(4)14(25(15,12-27)17(34-22)10-18(29)30)5-7-23(3)19(13-6-8-32-11-13)33-21(31)20-26(23,24)35-20/h6,8,11,14-15,17,19-20,27H,5,7,9-10,12H2,1-4H3,(H,29,30). The molecule has 1 aromatic heterocycles. The highest BCUT2D eigenvalue weighted by molar-refractivity contribution is 5.93. The van der Waals surface area contributed by atoms with Crippen LogP contribution in [0.15, 0.2) is 23.0 Å². The van der Waals surface area contributed by atoms with Crippen molar-refractivity contribution in [3.8, 4) is 0 Å². The molecule has 2 saturated carbocycles. The monoisotopic (exact) mass is 488 g/mol. The quantitative estimate of drug-likeness (QED) is 0.484. The van der Waals surface area contributed by atoms with Crippen LogP contribution in [0.2, 0.25) is 0 Å². The molecule has 1 aromatic rings. The minimum Gasteiger partial charge on any atom is -0.481 e. The minimum atomic E-state index is -1.13. The Morgan fingerprint density at radius 2 is 1.86 bits per heavy atom. The molecule has 9 nitrogen and oxygen atoms in total. The number of carboxylic acid groups (broad SMARTS) is 1. The zero-order chi connectivity index (χ0) is 25.2. The number of carbonyl (C=O) groups is 3. The van der Waals surface area contributed by atoms with E-state index in [-0.39, 0.29) is 31.1 Å². The number of aliphatic carboxylic acids is 1. The number of cyclic esters (lactones) is 1. The molecule has 0 aromatic carbocycles. The normalized spacial score (nSPS) is 49.3. The fourth-order valence-electron chi connectivity index (χ4n) is 9.11. The van der Waals surface area contributed by atoms with Crippen LogP contribution in [-0.4, -0.2) is 58.0 Å². The van der Waals surface area contributed by atoms with Crippen molar-refractivity contribution in [1.82, 2.24) is 0 Å². The maximum atomic E-state index is 14.2. The van der Waals surface area contributed by atoms with Gasteiger partial charge in [-0.3, -0.25) is 9.59 Å². The number of aliphatic hydroxyl groups is 1. The highest BCUT2D eigenvalue weighted by atomic mass is 16.7. The maximum absolute atomic E-state index is 14.2. The summed E-state index contributed by atoms with van der Waals surface area (Å²) in [5.74, 6) is -2.33. The Balaban J connectivity index is 1.53. The fourth-order valence-corrected chi connectivity index (χ4v) is 9.11. The Morgan fingerprint density at radius 1 is 1.11 bits per heavy atom. The molecule has 6 rings (SSSR count). The first-order valence-electron chi connectivity index (χ1n) is 12.3. The van der Waals surface area contributed by atoms with E-state index < -0.39 is 63.6 Å². The summed E-state index contributed by atoms with van der Waals surface area (Å²) in [6.07, 6.45) is 1.74. The lowest BCUT2D eigenvalue weighted by molar-refractivity contribution is -0.217. The van der Waals surface area contributed by atoms with Crippen molar-refractivity contribution in [2.45, 2.75) is 82.9 Å². The van der Waals surface area contributed by atoms with Crippen LogP contribution in [0.5, 0.6) is 0 Å². The first-order chi connectivity index (χ1) is 16.4. The van der Waals surface area contributed by atoms with E-state index in [9.17, 15) is 24.6 Å². The molecule has 0 bridgehead atoms. The number of rotatable bonds is 4. The topological polar surface area (TPSA) is 136 Å². The molecule has 3 saturated heterocycles. The number of aliphatic hydroxyl groups excluding tert-OH is 1. The van der Waals surface area contributed by atoms with Gasteiger partial charge < -0.3 is 28.8 Å². The van der Waals surface area contributed by atoms with Crippen LogP contribution in [0.1, 0.15) is 65.0 Å². The molecule has 4 heterocycles. The lowest BCUT2D eigenvalue weighted by Gasteiger charge is -2.64. The summed E-state index contributed by atoms with van der Waals surface area (Å²) in [4.78, 5) is 39.1. The van der Waals surface area contributed by atoms with Crippen molar-refractivity contribution in [3.63, 3.8) is 0 Å². The van der Waals surface area contributed by atoms with Crippen molar-refractivity contribution in [1.29, 1.82) is 0 Å². The smallest absolute Gasteiger partial charge is 0.339 e. The fraction of sp³-hybridized carbons (Fsp3) is 0.731. The molecule has 3 aliphatic heterocycles. The number of epoxide rings is 1. The molecule has 9 heteroatoms. The zero-order valence-corrected chi connectivity index (χ0v) is 20.4. The van der Waals surface area contributed by atoms with Crippen LogP contribution in [0.3, 0.4) is 0 Å². The van der Waals surface area contributed by atoms with E-state index in [1.807, 2.05) is 27.7 Å². The van der Waals surface area contributed by atoms with Gasteiger partial charge in [-0.2, -0.15) is 0 Å². The van der Waals surface area contributed by atoms with Gasteiger partial charge in [-0.25, -0.2) is 4.79 Å². The van der Waals surface area contributed by atoms with Gasteiger partial charge in [0.25, 0.3) is 0 Å². The number of carbonyl (C=O) groups excluding carboxylic acids is 2. The Kier molecular flexibility index (Phi) is 4.47. The van der Waals surface area contributed by atoms with Crippen LogP contribution in [0, 0.1) is 28.1 Å². The first-order valence-corrected chi connectivity index (χ1v) is 12.3. The lowest BCUT2D eigenvalue weighted by atomic mass is 9.37. The first kappa shape index (κ1) is 23.2. The van der Waals surface area contributed by atoms with Gasteiger partial charge in [0.2, 0.25) is 0 Å². The second-order valence-electron chi connectivity index (χ2n) is 12.1. The predicted octanol–water partition coefficient (Wildman–Crippen LogP) is 2.66. The van der Waals surface area contributed by atoms with Gasteiger partial charge >= 0.3 is 11.9 Å². The number of hydrogen-bond donors (Lipinski definition) is 2. The number of furan rings is 1. The van der Waals surface area contributed by atoms with E-state index in [4.69, 9.17) is 18.6 Å². The number of hydrogen-bond acceptors (Lipinski definition) is 8. The molecule has 2 N–H and O–H groups in total. The van der Waals surface area contributed by atoms with E-state index in [0.29, 0.717) is 18.4 Å². The largest absolute Gasteiger partial charge is 0.481 e. The van der Waals surface area contributed by atoms with E-state index in [1.165, 1.54) is 6.26 Å². The van der Waals surface area contributed by atoms with Gasteiger partial charge in [0.15, 0.2) is 6.10 Å². The molecular formula is C26H32O9. The summed E-state index contributed by atoms with van der Waals surface area (Å²) < 4.78 is 23.8.